The molecule has 0 amide bonds. The van der Waals surface area contributed by atoms with Crippen LogP contribution in [0, 0.1) is 23.0 Å². The zero-order chi connectivity index (χ0) is 14.8. The van der Waals surface area contributed by atoms with Gasteiger partial charge in [0, 0.05) is 5.39 Å². The number of para-hydroxylation sites is 2. The van der Waals surface area contributed by atoms with Crippen molar-refractivity contribution in [3.05, 3.63) is 65.7 Å². The molecule has 0 aliphatic rings. The third-order valence-corrected chi connectivity index (χ3v) is 3.05. The van der Waals surface area contributed by atoms with Crippen molar-refractivity contribution in [1.82, 2.24) is 4.98 Å². The van der Waals surface area contributed by atoms with E-state index < -0.39 is 11.6 Å². The molecule has 0 fully saturated rings. The smallest absolute Gasteiger partial charge is 0.149 e. The summed E-state index contributed by atoms with van der Waals surface area (Å²) in [5, 5.41) is 12.5. The van der Waals surface area contributed by atoms with E-state index in [4.69, 9.17) is 0 Å². The van der Waals surface area contributed by atoms with E-state index in [9.17, 15) is 14.0 Å². The standard InChI is InChI=1S/C16H9F2N3/c17-12-5-3-6-13(18)15(12)21-16-11(9-19)8-10-4-1-2-7-14(10)20-16/h1-8H,(H,20,21). The second-order valence-electron chi connectivity index (χ2n) is 4.41. The molecule has 2 aromatic carbocycles. The summed E-state index contributed by atoms with van der Waals surface area (Å²) in [7, 11) is 0. The fourth-order valence-corrected chi connectivity index (χ4v) is 2.03. The van der Waals surface area contributed by atoms with Crippen molar-refractivity contribution in [3.8, 4) is 6.07 Å². The highest BCUT2D eigenvalue weighted by Gasteiger charge is 2.12. The number of halogens is 2. The van der Waals surface area contributed by atoms with Gasteiger partial charge in [-0.1, -0.05) is 24.3 Å². The lowest BCUT2D eigenvalue weighted by molar-refractivity contribution is 0.590. The second kappa shape index (κ2) is 5.17. The van der Waals surface area contributed by atoms with Gasteiger partial charge in [-0.25, -0.2) is 13.8 Å². The van der Waals surface area contributed by atoms with Gasteiger partial charge in [-0.15, -0.1) is 0 Å². The van der Waals surface area contributed by atoms with E-state index >= 15 is 0 Å². The Morgan fingerprint density at radius 3 is 2.43 bits per heavy atom. The van der Waals surface area contributed by atoms with Gasteiger partial charge in [-0.2, -0.15) is 5.26 Å². The number of pyridine rings is 1. The summed E-state index contributed by atoms with van der Waals surface area (Å²) in [6.07, 6.45) is 0. The van der Waals surface area contributed by atoms with Crippen LogP contribution in [-0.4, -0.2) is 4.98 Å². The third-order valence-electron chi connectivity index (χ3n) is 3.05. The minimum atomic E-state index is -0.742. The first-order chi connectivity index (χ1) is 10.2. The number of benzene rings is 2. The van der Waals surface area contributed by atoms with Crippen LogP contribution in [0.4, 0.5) is 20.3 Å². The number of nitrogens with zero attached hydrogens (tertiary/aromatic N) is 2. The maximum absolute atomic E-state index is 13.7. The van der Waals surface area contributed by atoms with Gasteiger partial charge in [-0.05, 0) is 24.3 Å². The van der Waals surface area contributed by atoms with Crippen molar-refractivity contribution >= 4 is 22.4 Å². The molecule has 5 heteroatoms. The molecule has 0 unspecified atom stereocenters. The highest BCUT2D eigenvalue weighted by Crippen LogP contribution is 2.26. The Hall–Kier alpha value is -3.00. The minimum absolute atomic E-state index is 0.125. The summed E-state index contributed by atoms with van der Waals surface area (Å²) in [5.74, 6) is -1.36. The largest absolute Gasteiger partial charge is 0.334 e. The first-order valence-electron chi connectivity index (χ1n) is 6.20. The molecule has 0 saturated heterocycles. The second-order valence-corrected chi connectivity index (χ2v) is 4.41. The molecule has 0 spiro atoms. The maximum Gasteiger partial charge on any atom is 0.149 e. The Kier molecular flexibility index (Phi) is 3.20. The molecule has 0 saturated carbocycles. The van der Waals surface area contributed by atoms with Crippen LogP contribution in [0.5, 0.6) is 0 Å². The summed E-state index contributed by atoms with van der Waals surface area (Å²) in [6.45, 7) is 0. The molecule has 0 aliphatic carbocycles. The van der Waals surface area contributed by atoms with Crippen molar-refractivity contribution < 1.29 is 8.78 Å². The van der Waals surface area contributed by atoms with E-state index in [1.807, 2.05) is 18.2 Å². The maximum atomic E-state index is 13.7. The summed E-state index contributed by atoms with van der Waals surface area (Å²) in [6, 6.07) is 14.4. The number of hydrogen-bond donors (Lipinski definition) is 1. The van der Waals surface area contributed by atoms with Gasteiger partial charge >= 0.3 is 0 Å². The molecule has 0 atom stereocenters. The van der Waals surface area contributed by atoms with E-state index in [0.29, 0.717) is 5.52 Å². The van der Waals surface area contributed by atoms with Crippen molar-refractivity contribution in [2.45, 2.75) is 0 Å². The normalized spacial score (nSPS) is 10.3. The van der Waals surface area contributed by atoms with Crippen LogP contribution in [0.2, 0.25) is 0 Å². The number of anilines is 2. The van der Waals surface area contributed by atoms with E-state index in [1.165, 1.54) is 6.07 Å². The summed E-state index contributed by atoms with van der Waals surface area (Å²) < 4.78 is 27.3. The Labute approximate surface area is 119 Å². The van der Waals surface area contributed by atoms with Gasteiger partial charge in [-0.3, -0.25) is 0 Å². The SMILES string of the molecule is N#Cc1cc2ccccc2nc1Nc1c(F)cccc1F. The molecule has 21 heavy (non-hydrogen) atoms. The van der Waals surface area contributed by atoms with Gasteiger partial charge < -0.3 is 5.32 Å². The fraction of sp³-hybridized carbons (Fsp3) is 0. The van der Waals surface area contributed by atoms with E-state index in [1.54, 1.807) is 18.2 Å². The molecule has 0 radical (unpaired) electrons. The topological polar surface area (TPSA) is 48.7 Å². The lowest BCUT2D eigenvalue weighted by Gasteiger charge is -2.10. The molecule has 1 heterocycles. The first kappa shape index (κ1) is 13.0. The molecule has 1 N–H and O–H groups in total. The van der Waals surface area contributed by atoms with Crippen LogP contribution < -0.4 is 5.32 Å². The summed E-state index contributed by atoms with van der Waals surface area (Å²) in [4.78, 5) is 4.26. The average Bonchev–Trinajstić information content (AvgIpc) is 2.50. The summed E-state index contributed by atoms with van der Waals surface area (Å²) >= 11 is 0. The lowest BCUT2D eigenvalue weighted by atomic mass is 10.1. The Balaban J connectivity index is 2.14. The van der Waals surface area contributed by atoms with Gasteiger partial charge in [0.15, 0.2) is 0 Å². The monoisotopic (exact) mass is 281 g/mol. The van der Waals surface area contributed by atoms with Gasteiger partial charge in [0.05, 0.1) is 11.1 Å². The van der Waals surface area contributed by atoms with Gasteiger partial charge in [0.2, 0.25) is 0 Å². The number of fused-ring (bicyclic) bond motifs is 1. The van der Waals surface area contributed by atoms with Crippen molar-refractivity contribution in [1.29, 1.82) is 5.26 Å². The van der Waals surface area contributed by atoms with Crippen molar-refractivity contribution in [2.75, 3.05) is 5.32 Å². The first-order valence-corrected chi connectivity index (χ1v) is 6.20. The minimum Gasteiger partial charge on any atom is -0.334 e. The zero-order valence-corrected chi connectivity index (χ0v) is 10.8. The molecule has 0 aliphatic heterocycles. The van der Waals surface area contributed by atoms with Crippen molar-refractivity contribution in [3.63, 3.8) is 0 Å². The Bertz CT molecular complexity index is 849. The van der Waals surface area contributed by atoms with Gasteiger partial charge in [0.1, 0.15) is 29.2 Å². The van der Waals surface area contributed by atoms with Crippen LogP contribution in [0.1, 0.15) is 5.56 Å². The molecule has 102 valence electrons. The number of nitriles is 1. The molecule has 3 rings (SSSR count). The number of hydrogen-bond acceptors (Lipinski definition) is 3. The van der Waals surface area contributed by atoms with E-state index in [-0.39, 0.29) is 17.1 Å². The Morgan fingerprint density at radius 2 is 1.71 bits per heavy atom. The highest BCUT2D eigenvalue weighted by molar-refractivity contribution is 5.83. The predicted molar refractivity (Wildman–Crippen MR) is 76.1 cm³/mol. The quantitative estimate of drug-likeness (QED) is 0.768. The lowest BCUT2D eigenvalue weighted by Crippen LogP contribution is -2.01. The molecule has 3 nitrogen and oxygen atoms in total. The van der Waals surface area contributed by atoms with Gasteiger partial charge in [0.25, 0.3) is 0 Å². The Morgan fingerprint density at radius 1 is 1.00 bits per heavy atom. The average molecular weight is 281 g/mol. The van der Waals surface area contributed by atoms with E-state index in [0.717, 1.165) is 17.5 Å². The molecule has 3 aromatic rings. The van der Waals surface area contributed by atoms with Crippen LogP contribution in [0.3, 0.4) is 0 Å². The van der Waals surface area contributed by atoms with E-state index in [2.05, 4.69) is 10.3 Å². The predicted octanol–water partition coefficient (Wildman–Crippen LogP) is 4.13. The zero-order valence-electron chi connectivity index (χ0n) is 10.8. The van der Waals surface area contributed by atoms with Crippen LogP contribution in [0.15, 0.2) is 48.5 Å². The molecular weight excluding hydrogens is 272 g/mol. The third kappa shape index (κ3) is 2.39. The number of rotatable bonds is 2. The highest BCUT2D eigenvalue weighted by atomic mass is 19.1. The fourth-order valence-electron chi connectivity index (χ4n) is 2.03. The number of nitrogens with one attached hydrogen (secondary N) is 1. The number of aromatic nitrogens is 1. The summed E-state index contributed by atoms with van der Waals surface area (Å²) in [5.41, 5.74) is 0.531. The molecule has 0 bridgehead atoms. The molecular formula is C16H9F2N3. The molecule has 1 aromatic heterocycles. The van der Waals surface area contributed by atoms with Crippen LogP contribution in [-0.2, 0) is 0 Å². The van der Waals surface area contributed by atoms with Crippen molar-refractivity contribution in [2.24, 2.45) is 0 Å². The van der Waals surface area contributed by atoms with Crippen LogP contribution in [0.25, 0.3) is 10.9 Å². The van der Waals surface area contributed by atoms with Crippen LogP contribution >= 0.6 is 0 Å².